The smallest absolute Gasteiger partial charge is 0.0115 e. The van der Waals surface area contributed by atoms with E-state index in [-0.39, 0.29) is 0 Å². The third-order valence-corrected chi connectivity index (χ3v) is 2.26. The van der Waals surface area contributed by atoms with Crippen molar-refractivity contribution in [3.63, 3.8) is 0 Å². The summed E-state index contributed by atoms with van der Waals surface area (Å²) in [6.07, 6.45) is 3.80. The molecule has 0 aromatic heterocycles. The summed E-state index contributed by atoms with van der Waals surface area (Å²) >= 11 is 0. The van der Waals surface area contributed by atoms with Crippen LogP contribution in [0, 0.1) is 5.41 Å². The Morgan fingerprint density at radius 3 is 2.00 bits per heavy atom. The molecule has 0 aromatic rings. The molecule has 0 bridgehead atoms. The Hall–Kier alpha value is -0.0400. The topological polar surface area (TPSA) is 12.0 Å². The van der Waals surface area contributed by atoms with Crippen molar-refractivity contribution in [3.05, 3.63) is 0 Å². The fraction of sp³-hybridized carbons (Fsp3) is 1.00. The quantitative estimate of drug-likeness (QED) is 0.670. The first kappa shape index (κ1) is 12.0. The van der Waals surface area contributed by atoms with Gasteiger partial charge >= 0.3 is 0 Å². The van der Waals surface area contributed by atoms with Gasteiger partial charge in [-0.3, -0.25) is 0 Å². The van der Waals surface area contributed by atoms with E-state index in [0.717, 1.165) is 6.54 Å². The van der Waals surface area contributed by atoms with E-state index < -0.39 is 0 Å². The van der Waals surface area contributed by atoms with E-state index in [1.807, 2.05) is 0 Å². The maximum absolute atomic E-state index is 3.61. The molecule has 1 atom stereocenters. The van der Waals surface area contributed by atoms with Crippen LogP contribution in [0.25, 0.3) is 0 Å². The highest BCUT2D eigenvalue weighted by Crippen LogP contribution is 2.22. The molecule has 0 radical (unpaired) electrons. The van der Waals surface area contributed by atoms with Gasteiger partial charge in [0.1, 0.15) is 0 Å². The summed E-state index contributed by atoms with van der Waals surface area (Å²) in [6.45, 7) is 12.6. The zero-order chi connectivity index (χ0) is 9.61. The lowest BCUT2D eigenvalue weighted by atomic mass is 9.84. The summed E-state index contributed by atoms with van der Waals surface area (Å²) in [4.78, 5) is 0. The van der Waals surface area contributed by atoms with Crippen molar-refractivity contribution in [3.8, 4) is 0 Å². The van der Waals surface area contributed by atoms with Gasteiger partial charge in [-0.1, -0.05) is 41.0 Å². The number of rotatable bonds is 5. The van der Waals surface area contributed by atoms with Gasteiger partial charge in [-0.25, -0.2) is 0 Å². The number of nitrogens with one attached hydrogen (secondary N) is 1. The normalized spacial score (nSPS) is 14.8. The summed E-state index contributed by atoms with van der Waals surface area (Å²) in [6, 6.07) is 0.683. The van der Waals surface area contributed by atoms with Crippen molar-refractivity contribution in [1.29, 1.82) is 0 Å². The fourth-order valence-electron chi connectivity index (χ4n) is 1.45. The molecule has 0 aliphatic heterocycles. The van der Waals surface area contributed by atoms with Crippen LogP contribution < -0.4 is 5.32 Å². The zero-order valence-electron chi connectivity index (χ0n) is 9.41. The first-order chi connectivity index (χ1) is 5.52. The highest BCUT2D eigenvalue weighted by Gasteiger charge is 2.22. The second-order valence-corrected chi connectivity index (χ2v) is 4.66. The molecule has 0 aliphatic carbocycles. The molecule has 0 fully saturated rings. The van der Waals surface area contributed by atoms with E-state index >= 15 is 0 Å². The van der Waals surface area contributed by atoms with Crippen LogP contribution in [0.3, 0.4) is 0 Å². The highest BCUT2D eigenvalue weighted by atomic mass is 14.9. The summed E-state index contributed by atoms with van der Waals surface area (Å²) < 4.78 is 0. The summed E-state index contributed by atoms with van der Waals surface area (Å²) in [5.74, 6) is 0. The van der Waals surface area contributed by atoms with Crippen molar-refractivity contribution in [2.45, 2.75) is 59.9 Å². The Kier molecular flexibility index (Phi) is 5.56. The Labute approximate surface area is 77.9 Å². The predicted molar refractivity (Wildman–Crippen MR) is 56.4 cm³/mol. The molecule has 0 heterocycles. The van der Waals surface area contributed by atoms with Gasteiger partial charge < -0.3 is 5.32 Å². The van der Waals surface area contributed by atoms with Crippen LogP contribution >= 0.6 is 0 Å². The number of hydrogen-bond acceptors (Lipinski definition) is 1. The van der Waals surface area contributed by atoms with E-state index in [0.29, 0.717) is 11.5 Å². The minimum atomic E-state index is 0.408. The minimum Gasteiger partial charge on any atom is -0.313 e. The minimum absolute atomic E-state index is 0.408. The molecule has 1 nitrogen and oxygen atoms in total. The second kappa shape index (κ2) is 5.58. The van der Waals surface area contributed by atoms with Gasteiger partial charge in [0.15, 0.2) is 0 Å². The van der Waals surface area contributed by atoms with Crippen molar-refractivity contribution in [1.82, 2.24) is 5.32 Å². The van der Waals surface area contributed by atoms with E-state index in [9.17, 15) is 0 Å². The highest BCUT2D eigenvalue weighted by molar-refractivity contribution is 4.79. The van der Waals surface area contributed by atoms with Crippen LogP contribution in [-0.2, 0) is 0 Å². The molecule has 0 amide bonds. The molecule has 74 valence electrons. The Morgan fingerprint density at radius 1 is 1.08 bits per heavy atom. The molecular formula is C11H25N. The fourth-order valence-corrected chi connectivity index (χ4v) is 1.45. The molecule has 0 saturated carbocycles. The van der Waals surface area contributed by atoms with Crippen LogP contribution in [0.4, 0.5) is 0 Å². The van der Waals surface area contributed by atoms with Gasteiger partial charge in [0.2, 0.25) is 0 Å². The molecule has 0 rings (SSSR count). The van der Waals surface area contributed by atoms with E-state index in [1.54, 1.807) is 0 Å². The van der Waals surface area contributed by atoms with Gasteiger partial charge in [-0.05, 0) is 24.8 Å². The van der Waals surface area contributed by atoms with Gasteiger partial charge in [-0.2, -0.15) is 0 Å². The summed E-state index contributed by atoms with van der Waals surface area (Å²) in [5.41, 5.74) is 0.408. The maximum Gasteiger partial charge on any atom is 0.0115 e. The standard InChI is InChI=1S/C11H25N/c1-6-8-10(11(3,4)5)12-9-7-2/h10,12H,6-9H2,1-5H3. The molecule has 0 saturated heterocycles. The lowest BCUT2D eigenvalue weighted by Gasteiger charge is -2.31. The van der Waals surface area contributed by atoms with Gasteiger partial charge in [0.25, 0.3) is 0 Å². The van der Waals surface area contributed by atoms with Crippen LogP contribution in [0.2, 0.25) is 0 Å². The Morgan fingerprint density at radius 2 is 1.67 bits per heavy atom. The van der Waals surface area contributed by atoms with Crippen molar-refractivity contribution in [2.24, 2.45) is 5.41 Å². The molecule has 1 N–H and O–H groups in total. The van der Waals surface area contributed by atoms with Crippen molar-refractivity contribution >= 4 is 0 Å². The van der Waals surface area contributed by atoms with Crippen molar-refractivity contribution in [2.75, 3.05) is 6.54 Å². The second-order valence-electron chi connectivity index (χ2n) is 4.66. The van der Waals surface area contributed by atoms with E-state index in [2.05, 4.69) is 39.9 Å². The molecule has 0 aromatic carbocycles. The van der Waals surface area contributed by atoms with E-state index in [4.69, 9.17) is 0 Å². The first-order valence-corrected chi connectivity index (χ1v) is 5.25. The van der Waals surface area contributed by atoms with Gasteiger partial charge in [-0.15, -0.1) is 0 Å². The molecule has 0 spiro atoms. The van der Waals surface area contributed by atoms with Crippen LogP contribution in [-0.4, -0.2) is 12.6 Å². The third-order valence-electron chi connectivity index (χ3n) is 2.26. The van der Waals surface area contributed by atoms with Crippen molar-refractivity contribution < 1.29 is 0 Å². The molecule has 12 heavy (non-hydrogen) atoms. The maximum atomic E-state index is 3.61. The average molecular weight is 171 g/mol. The predicted octanol–water partition coefficient (Wildman–Crippen LogP) is 3.20. The van der Waals surface area contributed by atoms with Crippen LogP contribution in [0.5, 0.6) is 0 Å². The lowest BCUT2D eigenvalue weighted by Crippen LogP contribution is -2.40. The number of hydrogen-bond donors (Lipinski definition) is 1. The average Bonchev–Trinajstić information content (AvgIpc) is 1.95. The third kappa shape index (κ3) is 4.76. The zero-order valence-corrected chi connectivity index (χ0v) is 9.41. The molecular weight excluding hydrogens is 146 g/mol. The summed E-state index contributed by atoms with van der Waals surface area (Å²) in [5, 5.41) is 3.61. The lowest BCUT2D eigenvalue weighted by molar-refractivity contribution is 0.253. The largest absolute Gasteiger partial charge is 0.313 e. The summed E-state index contributed by atoms with van der Waals surface area (Å²) in [7, 11) is 0. The van der Waals surface area contributed by atoms with Crippen LogP contribution in [0.15, 0.2) is 0 Å². The SMILES string of the molecule is CCCNC(CCC)C(C)(C)C. The monoisotopic (exact) mass is 171 g/mol. The Balaban J connectivity index is 3.86. The molecule has 0 aliphatic rings. The van der Waals surface area contributed by atoms with Crippen LogP contribution in [0.1, 0.15) is 53.9 Å². The molecule has 1 heteroatoms. The molecule has 1 unspecified atom stereocenters. The van der Waals surface area contributed by atoms with Gasteiger partial charge in [0, 0.05) is 6.04 Å². The Bertz CT molecular complexity index is 102. The first-order valence-electron chi connectivity index (χ1n) is 5.25. The van der Waals surface area contributed by atoms with E-state index in [1.165, 1.54) is 19.3 Å². The van der Waals surface area contributed by atoms with Gasteiger partial charge in [0.05, 0.1) is 0 Å².